The van der Waals surface area contributed by atoms with E-state index in [1.807, 2.05) is 12.1 Å². The Morgan fingerprint density at radius 3 is 2.71 bits per heavy atom. The van der Waals surface area contributed by atoms with Crippen molar-refractivity contribution in [2.45, 2.75) is 51.4 Å². The number of hydrogen-bond acceptors (Lipinski definition) is 4. The van der Waals surface area contributed by atoms with Gasteiger partial charge in [-0.1, -0.05) is 32.0 Å². The van der Waals surface area contributed by atoms with Crippen LogP contribution in [0.1, 0.15) is 51.1 Å². The predicted octanol–water partition coefficient (Wildman–Crippen LogP) is 4.60. The molecule has 5 rings (SSSR count). The summed E-state index contributed by atoms with van der Waals surface area (Å²) in [6.07, 6.45) is 3.75. The molecular weight excluding hydrogens is 375 g/mol. The van der Waals surface area contributed by atoms with Crippen LogP contribution in [0.25, 0.3) is 0 Å². The van der Waals surface area contributed by atoms with Gasteiger partial charge in [0.2, 0.25) is 0 Å². The van der Waals surface area contributed by atoms with Crippen molar-refractivity contribution in [3.63, 3.8) is 0 Å². The number of ether oxygens (including phenoxy) is 2. The third-order valence-electron chi connectivity index (χ3n) is 7.51. The van der Waals surface area contributed by atoms with E-state index in [4.69, 9.17) is 14.5 Å². The lowest BCUT2D eigenvalue weighted by Gasteiger charge is -2.55. The minimum Gasteiger partial charge on any atom is -0.354 e. The number of benzene rings is 1. The van der Waals surface area contributed by atoms with Gasteiger partial charge in [0, 0.05) is 23.3 Å². The number of allylic oxidation sites excluding steroid dienone is 1. The molecule has 2 aliphatic heterocycles. The standard InChI is InChI=1S/C22H27FN2O2S/c1-13-16-8-7-15-18(14-5-3-4-6-17(14)23)24-20(28)25-19(15)21(16,2)9-10-22(13)26-11-12-27-22/h3-6,13,16,18H,7-12H2,1-2H3,(H2,24,25,28)/t13-,16-,18?,21-/m1/s1. The Balaban J connectivity index is 1.57. The highest BCUT2D eigenvalue weighted by Gasteiger charge is 2.58. The van der Waals surface area contributed by atoms with Gasteiger partial charge >= 0.3 is 0 Å². The van der Waals surface area contributed by atoms with E-state index in [-0.39, 0.29) is 17.3 Å². The second-order valence-electron chi connectivity index (χ2n) is 8.77. The van der Waals surface area contributed by atoms with Crippen LogP contribution >= 0.6 is 12.6 Å². The van der Waals surface area contributed by atoms with Crippen LogP contribution in [-0.2, 0) is 9.47 Å². The fourth-order valence-corrected chi connectivity index (χ4v) is 6.28. The van der Waals surface area contributed by atoms with Gasteiger partial charge in [-0.25, -0.2) is 9.38 Å². The van der Waals surface area contributed by atoms with Crippen LogP contribution in [0.4, 0.5) is 4.39 Å². The number of thiol groups is 1. The van der Waals surface area contributed by atoms with E-state index in [0.717, 1.165) is 31.4 Å². The molecule has 1 unspecified atom stereocenters. The Morgan fingerprint density at radius 2 is 1.96 bits per heavy atom. The number of amidine groups is 1. The highest BCUT2D eigenvalue weighted by atomic mass is 32.1. The van der Waals surface area contributed by atoms with Crippen LogP contribution < -0.4 is 5.32 Å². The van der Waals surface area contributed by atoms with Gasteiger partial charge in [-0.3, -0.25) is 0 Å². The van der Waals surface area contributed by atoms with E-state index in [1.165, 1.54) is 11.6 Å². The second-order valence-corrected chi connectivity index (χ2v) is 9.19. The number of fused-ring (bicyclic) bond motifs is 2. The van der Waals surface area contributed by atoms with Gasteiger partial charge in [-0.2, -0.15) is 0 Å². The number of hydrogen-bond donors (Lipinski definition) is 2. The first-order chi connectivity index (χ1) is 13.4. The summed E-state index contributed by atoms with van der Waals surface area (Å²) in [5.74, 6) is 0.0875. The third-order valence-corrected chi connectivity index (χ3v) is 7.74. The highest BCUT2D eigenvalue weighted by molar-refractivity contribution is 7.96. The number of rotatable bonds is 1. The first-order valence-electron chi connectivity index (χ1n) is 10.2. The maximum atomic E-state index is 14.6. The van der Waals surface area contributed by atoms with Crippen LogP contribution in [0.2, 0.25) is 0 Å². The summed E-state index contributed by atoms with van der Waals surface area (Å²) >= 11 is 4.55. The molecule has 1 saturated heterocycles. The summed E-state index contributed by atoms with van der Waals surface area (Å²) in [5.41, 5.74) is 2.90. The number of nitrogens with zero attached hydrogens (tertiary/aromatic N) is 1. The Bertz CT molecular complexity index is 864. The molecule has 150 valence electrons. The first-order valence-corrected chi connectivity index (χ1v) is 10.7. The van der Waals surface area contributed by atoms with Crippen LogP contribution in [0.3, 0.4) is 0 Å². The summed E-state index contributed by atoms with van der Waals surface area (Å²) in [6, 6.07) is 6.80. The molecule has 0 bridgehead atoms. The molecule has 1 saturated carbocycles. The van der Waals surface area contributed by atoms with Crippen molar-refractivity contribution in [3.05, 3.63) is 46.9 Å². The van der Waals surface area contributed by atoms with Gasteiger partial charge < -0.3 is 14.8 Å². The highest BCUT2D eigenvalue weighted by Crippen LogP contribution is 2.61. The van der Waals surface area contributed by atoms with Gasteiger partial charge in [0.15, 0.2) is 11.0 Å². The van der Waals surface area contributed by atoms with Gasteiger partial charge in [0.05, 0.1) is 25.0 Å². The van der Waals surface area contributed by atoms with Gasteiger partial charge in [-0.15, -0.1) is 12.6 Å². The summed E-state index contributed by atoms with van der Waals surface area (Å²) < 4.78 is 26.8. The molecule has 0 radical (unpaired) electrons. The lowest BCUT2D eigenvalue weighted by molar-refractivity contribution is -0.239. The van der Waals surface area contributed by atoms with Gasteiger partial charge in [-0.05, 0) is 36.8 Å². The lowest BCUT2D eigenvalue weighted by atomic mass is 9.54. The van der Waals surface area contributed by atoms with Crippen LogP contribution in [0, 0.1) is 23.1 Å². The molecule has 0 aromatic heterocycles. The molecule has 1 aromatic carbocycles. The Labute approximate surface area is 171 Å². The molecule has 28 heavy (non-hydrogen) atoms. The maximum absolute atomic E-state index is 14.6. The predicted molar refractivity (Wildman–Crippen MR) is 110 cm³/mol. The molecule has 4 atom stereocenters. The normalized spacial score (nSPS) is 36.6. The van der Waals surface area contributed by atoms with Crippen LogP contribution in [0.15, 0.2) is 40.5 Å². The molecule has 0 amide bonds. The van der Waals surface area contributed by atoms with E-state index in [2.05, 4.69) is 31.8 Å². The minimum absolute atomic E-state index is 0.0762. The average molecular weight is 403 g/mol. The zero-order valence-corrected chi connectivity index (χ0v) is 17.3. The average Bonchev–Trinajstić information content (AvgIpc) is 3.16. The topological polar surface area (TPSA) is 42.9 Å². The van der Waals surface area contributed by atoms with E-state index >= 15 is 0 Å². The number of aliphatic imine (C=N–C) groups is 1. The van der Waals surface area contributed by atoms with Crippen molar-refractivity contribution >= 4 is 17.8 Å². The second kappa shape index (κ2) is 6.57. The number of halogens is 1. The van der Waals surface area contributed by atoms with Crippen molar-refractivity contribution in [3.8, 4) is 0 Å². The molecule has 1 N–H and O–H groups in total. The molecule has 2 heterocycles. The fraction of sp³-hybridized carbons (Fsp3) is 0.591. The first kappa shape index (κ1) is 18.6. The molecule has 2 fully saturated rings. The Kier molecular flexibility index (Phi) is 4.38. The summed E-state index contributed by atoms with van der Waals surface area (Å²) in [4.78, 5) is 4.86. The summed E-state index contributed by atoms with van der Waals surface area (Å²) in [7, 11) is 0. The van der Waals surface area contributed by atoms with Crippen molar-refractivity contribution in [1.82, 2.24) is 5.32 Å². The van der Waals surface area contributed by atoms with E-state index in [0.29, 0.717) is 35.8 Å². The summed E-state index contributed by atoms with van der Waals surface area (Å²) in [6.45, 7) is 5.94. The molecule has 4 nitrogen and oxygen atoms in total. The van der Waals surface area contributed by atoms with Crippen molar-refractivity contribution in [2.75, 3.05) is 13.2 Å². The maximum Gasteiger partial charge on any atom is 0.171 e. The molecule has 1 aromatic rings. The number of nitrogens with one attached hydrogen (secondary N) is 1. The van der Waals surface area contributed by atoms with Crippen molar-refractivity contribution < 1.29 is 13.9 Å². The van der Waals surface area contributed by atoms with Crippen LogP contribution in [0.5, 0.6) is 0 Å². The lowest BCUT2D eigenvalue weighted by Crippen LogP contribution is -2.54. The van der Waals surface area contributed by atoms with Crippen LogP contribution in [-0.4, -0.2) is 24.2 Å². The van der Waals surface area contributed by atoms with Gasteiger partial charge in [0.1, 0.15) is 5.82 Å². The molecule has 4 aliphatic rings. The Hall–Kier alpha value is -1.37. The molecule has 6 heteroatoms. The van der Waals surface area contributed by atoms with E-state index < -0.39 is 5.79 Å². The third kappa shape index (κ3) is 2.61. The smallest absolute Gasteiger partial charge is 0.171 e. The zero-order chi connectivity index (χ0) is 19.5. The monoisotopic (exact) mass is 402 g/mol. The minimum atomic E-state index is -0.437. The van der Waals surface area contributed by atoms with Gasteiger partial charge in [0.25, 0.3) is 0 Å². The van der Waals surface area contributed by atoms with Crippen molar-refractivity contribution in [1.29, 1.82) is 0 Å². The van der Waals surface area contributed by atoms with E-state index in [9.17, 15) is 4.39 Å². The molecule has 1 spiro atoms. The largest absolute Gasteiger partial charge is 0.354 e. The molecular formula is C22H27FN2O2S. The molecule has 2 aliphatic carbocycles. The summed E-state index contributed by atoms with van der Waals surface area (Å²) in [5, 5.41) is 3.88. The zero-order valence-electron chi connectivity index (χ0n) is 16.4. The quantitative estimate of drug-likeness (QED) is 0.675. The SMILES string of the molecule is C[C@@H]1[C@H]2CCC3=C(N=C(S)NC3c3ccccc3F)[C@]2(C)CCC12OCCO2. The Morgan fingerprint density at radius 1 is 1.21 bits per heavy atom. The van der Waals surface area contributed by atoms with E-state index in [1.54, 1.807) is 6.07 Å². The van der Waals surface area contributed by atoms with Crippen molar-refractivity contribution in [2.24, 2.45) is 22.2 Å². The fourth-order valence-electron chi connectivity index (χ4n) is 6.05.